The summed E-state index contributed by atoms with van der Waals surface area (Å²) in [5.41, 5.74) is 7.04. The molecule has 20 heavy (non-hydrogen) atoms. The Labute approximate surface area is 121 Å². The van der Waals surface area contributed by atoms with E-state index in [1.165, 1.54) is 12.3 Å². The predicted octanol–water partition coefficient (Wildman–Crippen LogP) is 2.29. The number of hydrogen-bond donors (Lipinski definition) is 2. The molecule has 0 saturated heterocycles. The molecule has 0 bridgehead atoms. The van der Waals surface area contributed by atoms with Crippen LogP contribution in [0.3, 0.4) is 0 Å². The summed E-state index contributed by atoms with van der Waals surface area (Å²) in [5.74, 6) is 0. The van der Waals surface area contributed by atoms with Gasteiger partial charge in [0, 0.05) is 26.0 Å². The smallest absolute Gasteiger partial charge is 0.175 e. The van der Waals surface area contributed by atoms with Gasteiger partial charge in [-0.2, -0.15) is 0 Å². The number of nitrogens with two attached hydrogens (primary N) is 1. The van der Waals surface area contributed by atoms with Gasteiger partial charge < -0.3 is 15.8 Å². The van der Waals surface area contributed by atoms with E-state index in [-0.39, 0.29) is 4.90 Å². The van der Waals surface area contributed by atoms with E-state index in [1.807, 2.05) is 0 Å². The monoisotopic (exact) mass is 300 g/mol. The largest absolute Gasteiger partial charge is 0.397 e. The molecule has 0 heterocycles. The van der Waals surface area contributed by atoms with Crippen molar-refractivity contribution in [3.63, 3.8) is 0 Å². The van der Waals surface area contributed by atoms with Crippen LogP contribution in [0.1, 0.15) is 26.2 Å². The van der Waals surface area contributed by atoms with Gasteiger partial charge in [0.2, 0.25) is 0 Å². The minimum atomic E-state index is -3.21. The zero-order chi connectivity index (χ0) is 15.0. The zero-order valence-corrected chi connectivity index (χ0v) is 13.0. The molecule has 1 aromatic carbocycles. The third kappa shape index (κ3) is 5.79. The summed E-state index contributed by atoms with van der Waals surface area (Å²) in [6.45, 7) is 4.40. The lowest BCUT2D eigenvalue weighted by atomic mass is 10.2. The van der Waals surface area contributed by atoms with Crippen molar-refractivity contribution in [1.29, 1.82) is 0 Å². The maximum atomic E-state index is 11.4. The molecule has 0 aliphatic heterocycles. The van der Waals surface area contributed by atoms with E-state index in [2.05, 4.69) is 12.2 Å². The standard InChI is InChI=1S/C14H24N2O3S/c1-3-4-9-19-10-5-8-16-14-7-6-12(11-13(14)15)20(2,17)18/h6-7,11,16H,3-5,8-10,15H2,1-2H3. The number of benzene rings is 1. The van der Waals surface area contributed by atoms with E-state index < -0.39 is 9.84 Å². The van der Waals surface area contributed by atoms with Gasteiger partial charge in [0.05, 0.1) is 16.3 Å². The quantitative estimate of drug-likeness (QED) is 0.540. The van der Waals surface area contributed by atoms with Crippen LogP contribution < -0.4 is 11.1 Å². The molecule has 0 unspecified atom stereocenters. The van der Waals surface area contributed by atoms with E-state index >= 15 is 0 Å². The Morgan fingerprint density at radius 3 is 2.55 bits per heavy atom. The second kappa shape index (κ2) is 8.11. The number of unbranched alkanes of at least 4 members (excludes halogenated alkanes) is 1. The average molecular weight is 300 g/mol. The lowest BCUT2D eigenvalue weighted by molar-refractivity contribution is 0.131. The van der Waals surface area contributed by atoms with Crippen LogP contribution in [0, 0.1) is 0 Å². The highest BCUT2D eigenvalue weighted by Gasteiger charge is 2.09. The van der Waals surface area contributed by atoms with Crippen LogP contribution in [0.25, 0.3) is 0 Å². The third-order valence-electron chi connectivity index (χ3n) is 2.87. The van der Waals surface area contributed by atoms with Crippen molar-refractivity contribution in [3.8, 4) is 0 Å². The van der Waals surface area contributed by atoms with Crippen molar-refractivity contribution in [3.05, 3.63) is 18.2 Å². The van der Waals surface area contributed by atoms with Crippen molar-refractivity contribution < 1.29 is 13.2 Å². The molecule has 1 rings (SSSR count). The van der Waals surface area contributed by atoms with Gasteiger partial charge in [0.1, 0.15) is 0 Å². The third-order valence-corrected chi connectivity index (χ3v) is 3.98. The van der Waals surface area contributed by atoms with Crippen molar-refractivity contribution in [2.75, 3.05) is 37.1 Å². The van der Waals surface area contributed by atoms with Crippen LogP contribution in [0.4, 0.5) is 11.4 Å². The van der Waals surface area contributed by atoms with Crippen molar-refractivity contribution >= 4 is 21.2 Å². The molecule has 0 fully saturated rings. The highest BCUT2D eigenvalue weighted by Crippen LogP contribution is 2.22. The maximum absolute atomic E-state index is 11.4. The van der Waals surface area contributed by atoms with Crippen LogP contribution >= 0.6 is 0 Å². The molecule has 5 nitrogen and oxygen atoms in total. The molecule has 0 spiro atoms. The number of ether oxygens (including phenoxy) is 1. The molecule has 3 N–H and O–H groups in total. The first kappa shape index (κ1) is 16.8. The van der Waals surface area contributed by atoms with Crippen LogP contribution in [-0.2, 0) is 14.6 Å². The highest BCUT2D eigenvalue weighted by atomic mass is 32.2. The van der Waals surface area contributed by atoms with E-state index in [0.29, 0.717) is 12.3 Å². The summed E-state index contributed by atoms with van der Waals surface area (Å²) >= 11 is 0. The molecule has 0 aliphatic rings. The van der Waals surface area contributed by atoms with Crippen LogP contribution in [-0.4, -0.2) is 34.4 Å². The number of rotatable bonds is 9. The van der Waals surface area contributed by atoms with Crippen molar-refractivity contribution in [2.24, 2.45) is 0 Å². The predicted molar refractivity (Wildman–Crippen MR) is 82.8 cm³/mol. The second-order valence-corrected chi connectivity index (χ2v) is 6.78. The minimum Gasteiger partial charge on any atom is -0.397 e. The van der Waals surface area contributed by atoms with Gasteiger partial charge in [0.15, 0.2) is 9.84 Å². The normalized spacial score (nSPS) is 11.5. The molecule has 0 radical (unpaired) electrons. The molecule has 0 amide bonds. The summed E-state index contributed by atoms with van der Waals surface area (Å²) in [6, 6.07) is 4.74. The minimum absolute atomic E-state index is 0.239. The fourth-order valence-electron chi connectivity index (χ4n) is 1.68. The molecule has 0 saturated carbocycles. The van der Waals surface area contributed by atoms with E-state index in [9.17, 15) is 8.42 Å². The topological polar surface area (TPSA) is 81.4 Å². The summed E-state index contributed by atoms with van der Waals surface area (Å²) in [5, 5.41) is 3.18. The Kier molecular flexibility index (Phi) is 6.81. The van der Waals surface area contributed by atoms with Gasteiger partial charge >= 0.3 is 0 Å². The molecule has 0 atom stereocenters. The molecule has 0 aliphatic carbocycles. The molecule has 1 aromatic rings. The molecule has 6 heteroatoms. The Hall–Kier alpha value is -1.27. The first-order valence-electron chi connectivity index (χ1n) is 6.86. The maximum Gasteiger partial charge on any atom is 0.175 e. The van der Waals surface area contributed by atoms with E-state index in [4.69, 9.17) is 10.5 Å². The number of hydrogen-bond acceptors (Lipinski definition) is 5. The average Bonchev–Trinajstić information content (AvgIpc) is 2.38. The lowest BCUT2D eigenvalue weighted by Gasteiger charge is -2.10. The van der Waals surface area contributed by atoms with Crippen LogP contribution in [0.2, 0.25) is 0 Å². The second-order valence-electron chi connectivity index (χ2n) is 4.77. The highest BCUT2D eigenvalue weighted by molar-refractivity contribution is 7.90. The summed E-state index contributed by atoms with van der Waals surface area (Å²) < 4.78 is 28.2. The summed E-state index contributed by atoms with van der Waals surface area (Å²) in [6.07, 6.45) is 4.29. The van der Waals surface area contributed by atoms with Gasteiger partial charge in [-0.05, 0) is 31.0 Å². The fraction of sp³-hybridized carbons (Fsp3) is 0.571. The Morgan fingerprint density at radius 2 is 1.95 bits per heavy atom. The zero-order valence-electron chi connectivity index (χ0n) is 12.2. The lowest BCUT2D eigenvalue weighted by Crippen LogP contribution is -2.08. The van der Waals surface area contributed by atoms with Gasteiger partial charge in [-0.1, -0.05) is 13.3 Å². The number of nitrogens with one attached hydrogen (secondary N) is 1. The van der Waals surface area contributed by atoms with E-state index in [0.717, 1.165) is 38.1 Å². The Balaban J connectivity index is 2.38. The van der Waals surface area contributed by atoms with Gasteiger partial charge in [-0.3, -0.25) is 0 Å². The van der Waals surface area contributed by atoms with Gasteiger partial charge in [0.25, 0.3) is 0 Å². The molecular weight excluding hydrogens is 276 g/mol. The van der Waals surface area contributed by atoms with Crippen molar-refractivity contribution in [2.45, 2.75) is 31.1 Å². The first-order valence-corrected chi connectivity index (χ1v) is 8.75. The first-order chi connectivity index (χ1) is 9.45. The van der Waals surface area contributed by atoms with Gasteiger partial charge in [-0.25, -0.2) is 8.42 Å². The Morgan fingerprint density at radius 1 is 1.25 bits per heavy atom. The Bertz CT molecular complexity index is 515. The fourth-order valence-corrected chi connectivity index (χ4v) is 2.33. The molecular formula is C14H24N2O3S. The van der Waals surface area contributed by atoms with E-state index in [1.54, 1.807) is 12.1 Å². The number of anilines is 2. The van der Waals surface area contributed by atoms with Crippen LogP contribution in [0.15, 0.2) is 23.1 Å². The molecule has 114 valence electrons. The van der Waals surface area contributed by atoms with Crippen molar-refractivity contribution in [1.82, 2.24) is 0 Å². The number of sulfone groups is 1. The molecule has 0 aromatic heterocycles. The summed E-state index contributed by atoms with van der Waals surface area (Å²) in [4.78, 5) is 0.239. The summed E-state index contributed by atoms with van der Waals surface area (Å²) in [7, 11) is -3.21. The SMILES string of the molecule is CCCCOCCCNc1ccc(S(C)(=O)=O)cc1N. The van der Waals surface area contributed by atoms with Crippen LogP contribution in [0.5, 0.6) is 0 Å². The number of nitrogen functional groups attached to an aromatic ring is 1. The van der Waals surface area contributed by atoms with Gasteiger partial charge in [-0.15, -0.1) is 0 Å².